The van der Waals surface area contributed by atoms with E-state index in [0.717, 1.165) is 15.7 Å². The van der Waals surface area contributed by atoms with Crippen molar-refractivity contribution in [3.8, 4) is 0 Å². The van der Waals surface area contributed by atoms with Crippen LogP contribution in [0.25, 0.3) is 0 Å². The molecule has 0 bridgehead atoms. The summed E-state index contributed by atoms with van der Waals surface area (Å²) in [5.41, 5.74) is 0.462. The number of nitrogens with zero attached hydrogens (tertiary/aromatic N) is 2. The molecule has 2 rings (SSSR count). The topological polar surface area (TPSA) is 66.6 Å². The number of non-ortho nitro benzene ring substituents is 1. The molecule has 17 heavy (non-hydrogen) atoms. The van der Waals surface area contributed by atoms with Gasteiger partial charge in [-0.15, -0.1) is 0 Å². The van der Waals surface area contributed by atoms with Gasteiger partial charge in [-0.3, -0.25) is 10.1 Å². The van der Waals surface area contributed by atoms with Crippen molar-refractivity contribution in [3.05, 3.63) is 31.9 Å². The minimum Gasteiger partial charge on any atom is -0.386 e. The molecule has 6 heteroatoms. The van der Waals surface area contributed by atoms with E-state index >= 15 is 0 Å². The molecule has 0 unspecified atom stereocenters. The average molecular weight is 348 g/mol. The number of hydrogen-bond donors (Lipinski definition) is 1. The third-order valence-corrected chi connectivity index (χ3v) is 3.98. The second kappa shape index (κ2) is 4.41. The smallest absolute Gasteiger partial charge is 0.270 e. The minimum atomic E-state index is -0.592. The van der Waals surface area contributed by atoms with Crippen LogP contribution in [0.5, 0.6) is 0 Å². The summed E-state index contributed by atoms with van der Waals surface area (Å²) in [4.78, 5) is 12.3. The zero-order valence-corrected chi connectivity index (χ0v) is 11.5. The maximum absolute atomic E-state index is 10.6. The van der Waals surface area contributed by atoms with Crippen molar-refractivity contribution in [2.75, 3.05) is 18.0 Å². The van der Waals surface area contributed by atoms with Crippen molar-refractivity contribution in [2.45, 2.75) is 18.9 Å². The second-order valence-corrected chi connectivity index (χ2v) is 5.49. The lowest BCUT2D eigenvalue weighted by atomic mass is 9.91. The lowest BCUT2D eigenvalue weighted by Gasteiger charge is -2.47. The maximum Gasteiger partial charge on any atom is 0.270 e. The van der Waals surface area contributed by atoms with Crippen LogP contribution in [0.1, 0.15) is 13.3 Å². The molecule has 0 aromatic heterocycles. The summed E-state index contributed by atoms with van der Waals surface area (Å²) in [5.74, 6) is 0. The molecular weight excluding hydrogens is 335 g/mol. The van der Waals surface area contributed by atoms with E-state index in [4.69, 9.17) is 0 Å². The molecule has 0 amide bonds. The van der Waals surface area contributed by atoms with Crippen LogP contribution in [0.15, 0.2) is 18.2 Å². The number of aliphatic hydroxyl groups is 1. The summed E-state index contributed by atoms with van der Waals surface area (Å²) in [5, 5.41) is 20.5. The van der Waals surface area contributed by atoms with Gasteiger partial charge in [0, 0.05) is 28.8 Å². The van der Waals surface area contributed by atoms with Crippen molar-refractivity contribution in [1.82, 2.24) is 0 Å². The van der Waals surface area contributed by atoms with Crippen LogP contribution in [0.2, 0.25) is 0 Å². The predicted molar refractivity (Wildman–Crippen MR) is 73.3 cm³/mol. The van der Waals surface area contributed by atoms with Crippen LogP contribution in [-0.4, -0.2) is 28.7 Å². The fourth-order valence-electron chi connectivity index (χ4n) is 1.92. The largest absolute Gasteiger partial charge is 0.386 e. The molecule has 0 atom stereocenters. The molecule has 0 radical (unpaired) electrons. The normalized spacial score (nSPS) is 17.7. The summed E-state index contributed by atoms with van der Waals surface area (Å²) in [6.07, 6.45) is 0.729. The fraction of sp³-hybridized carbons (Fsp3) is 0.455. The van der Waals surface area contributed by atoms with Gasteiger partial charge in [0.1, 0.15) is 0 Å². The van der Waals surface area contributed by atoms with E-state index < -0.39 is 10.5 Å². The maximum atomic E-state index is 10.6. The Bertz CT molecular complexity index is 458. The van der Waals surface area contributed by atoms with E-state index in [9.17, 15) is 15.2 Å². The Kier molecular flexibility index (Phi) is 3.26. The number of nitro benzene ring substituents is 1. The fourth-order valence-corrected chi connectivity index (χ4v) is 2.76. The highest BCUT2D eigenvalue weighted by atomic mass is 127. The highest BCUT2D eigenvalue weighted by molar-refractivity contribution is 14.1. The van der Waals surface area contributed by atoms with E-state index in [1.54, 1.807) is 12.1 Å². The Hall–Kier alpha value is -0.890. The van der Waals surface area contributed by atoms with Gasteiger partial charge in [0.15, 0.2) is 0 Å². The molecule has 1 fully saturated rings. The molecule has 1 aliphatic heterocycles. The van der Waals surface area contributed by atoms with Crippen LogP contribution in [-0.2, 0) is 0 Å². The lowest BCUT2D eigenvalue weighted by molar-refractivity contribution is -0.384. The Morgan fingerprint density at radius 2 is 2.24 bits per heavy atom. The zero-order valence-electron chi connectivity index (χ0n) is 9.39. The van der Waals surface area contributed by atoms with Crippen molar-refractivity contribution in [3.63, 3.8) is 0 Å². The Balaban J connectivity index is 2.17. The van der Waals surface area contributed by atoms with Gasteiger partial charge < -0.3 is 10.0 Å². The first-order valence-electron chi connectivity index (χ1n) is 5.36. The summed E-state index contributed by atoms with van der Waals surface area (Å²) < 4.78 is 0.843. The van der Waals surface area contributed by atoms with Crippen molar-refractivity contribution in [1.29, 1.82) is 0 Å². The molecule has 5 nitrogen and oxygen atoms in total. The van der Waals surface area contributed by atoms with Crippen LogP contribution < -0.4 is 4.90 Å². The van der Waals surface area contributed by atoms with Crippen LogP contribution >= 0.6 is 22.6 Å². The number of anilines is 1. The quantitative estimate of drug-likeness (QED) is 0.517. The molecule has 1 N–H and O–H groups in total. The van der Waals surface area contributed by atoms with E-state index in [-0.39, 0.29) is 5.69 Å². The van der Waals surface area contributed by atoms with Gasteiger partial charge in [0.25, 0.3) is 5.69 Å². The molecule has 1 heterocycles. The van der Waals surface area contributed by atoms with E-state index in [1.165, 1.54) is 6.07 Å². The molecule has 0 saturated carbocycles. The van der Waals surface area contributed by atoms with Crippen LogP contribution in [0.3, 0.4) is 0 Å². The first-order chi connectivity index (χ1) is 7.95. The summed E-state index contributed by atoms with van der Waals surface area (Å²) in [6, 6.07) is 4.80. The monoisotopic (exact) mass is 348 g/mol. The van der Waals surface area contributed by atoms with Gasteiger partial charge in [0.05, 0.1) is 16.2 Å². The first kappa shape index (κ1) is 12.6. The molecule has 92 valence electrons. The van der Waals surface area contributed by atoms with Gasteiger partial charge in [-0.2, -0.15) is 0 Å². The SMILES string of the molecule is CCC1(O)CN(c2ccc([N+](=O)[O-])cc2I)C1. The first-order valence-corrected chi connectivity index (χ1v) is 6.44. The molecule has 0 spiro atoms. The number of hydrogen-bond acceptors (Lipinski definition) is 4. The Labute approximate surface area is 113 Å². The summed E-state index contributed by atoms with van der Waals surface area (Å²) in [7, 11) is 0. The van der Waals surface area contributed by atoms with Crippen LogP contribution in [0.4, 0.5) is 11.4 Å². The summed E-state index contributed by atoms with van der Waals surface area (Å²) in [6.45, 7) is 3.15. The van der Waals surface area contributed by atoms with Crippen molar-refractivity contribution in [2.24, 2.45) is 0 Å². The molecule has 1 aromatic carbocycles. The zero-order chi connectivity index (χ0) is 12.6. The number of nitro groups is 1. The van der Waals surface area contributed by atoms with Gasteiger partial charge >= 0.3 is 0 Å². The van der Waals surface area contributed by atoms with Gasteiger partial charge in [-0.25, -0.2) is 0 Å². The van der Waals surface area contributed by atoms with Gasteiger partial charge in [-0.1, -0.05) is 6.92 Å². The molecule has 1 saturated heterocycles. The molecule has 1 aliphatic rings. The van der Waals surface area contributed by atoms with Gasteiger partial charge in [-0.05, 0) is 35.1 Å². The van der Waals surface area contributed by atoms with E-state index in [1.807, 2.05) is 11.8 Å². The average Bonchev–Trinajstić information content (AvgIpc) is 2.25. The Morgan fingerprint density at radius 1 is 1.59 bits per heavy atom. The third kappa shape index (κ3) is 2.37. The number of β-amino-alcohol motifs (C(OH)–C–C–N with tert-alkyl or cyclic N) is 1. The van der Waals surface area contributed by atoms with Gasteiger partial charge in [0.2, 0.25) is 0 Å². The highest BCUT2D eigenvalue weighted by Gasteiger charge is 2.40. The van der Waals surface area contributed by atoms with Crippen molar-refractivity contribution >= 4 is 34.0 Å². The number of halogens is 1. The third-order valence-electron chi connectivity index (χ3n) is 3.11. The number of rotatable bonds is 3. The minimum absolute atomic E-state index is 0.101. The number of benzene rings is 1. The predicted octanol–water partition coefficient (Wildman–Crippen LogP) is 2.16. The molecular formula is C11H13IN2O3. The standard InChI is InChI=1S/C11H13IN2O3/c1-2-11(15)6-13(7-11)10-4-3-8(14(16)17)5-9(10)12/h3-5,15H,2,6-7H2,1H3. The van der Waals surface area contributed by atoms with Crippen LogP contribution in [0, 0.1) is 13.7 Å². The summed E-state index contributed by atoms with van der Waals surface area (Å²) >= 11 is 2.09. The molecule has 0 aliphatic carbocycles. The Morgan fingerprint density at radius 3 is 2.71 bits per heavy atom. The lowest BCUT2D eigenvalue weighted by Crippen LogP contribution is -2.61. The molecule has 1 aromatic rings. The van der Waals surface area contributed by atoms with E-state index in [2.05, 4.69) is 22.6 Å². The van der Waals surface area contributed by atoms with Crippen molar-refractivity contribution < 1.29 is 10.0 Å². The van der Waals surface area contributed by atoms with E-state index in [0.29, 0.717) is 13.1 Å². The highest BCUT2D eigenvalue weighted by Crippen LogP contribution is 2.34. The second-order valence-electron chi connectivity index (χ2n) is 4.33.